The van der Waals surface area contributed by atoms with Crippen molar-refractivity contribution in [2.24, 2.45) is 5.92 Å². The van der Waals surface area contributed by atoms with Crippen molar-refractivity contribution in [3.8, 4) is 0 Å². The van der Waals surface area contributed by atoms with Crippen molar-refractivity contribution in [3.05, 3.63) is 21.9 Å². The zero-order valence-electron chi connectivity index (χ0n) is 13.6. The molecule has 3 rings (SSSR count). The number of rotatable bonds is 5. The lowest BCUT2D eigenvalue weighted by Gasteiger charge is -2.58. The predicted molar refractivity (Wildman–Crippen MR) is 88.9 cm³/mol. The normalized spacial score (nSPS) is 26.1. The fourth-order valence-corrected chi connectivity index (χ4v) is 4.83. The summed E-state index contributed by atoms with van der Waals surface area (Å²) in [6.45, 7) is 10.9. The molecule has 3 heterocycles. The number of likely N-dealkylation sites (tertiary alicyclic amines) is 2. The van der Waals surface area contributed by atoms with Crippen LogP contribution in [0.25, 0.3) is 0 Å². The van der Waals surface area contributed by atoms with E-state index >= 15 is 0 Å². The highest BCUT2D eigenvalue weighted by Gasteiger charge is 2.49. The van der Waals surface area contributed by atoms with Crippen molar-refractivity contribution in [2.75, 3.05) is 39.9 Å². The van der Waals surface area contributed by atoms with Crippen LogP contribution < -0.4 is 0 Å². The molecule has 21 heavy (non-hydrogen) atoms. The van der Waals surface area contributed by atoms with Gasteiger partial charge < -0.3 is 4.74 Å². The first kappa shape index (κ1) is 15.5. The summed E-state index contributed by atoms with van der Waals surface area (Å²) in [5.74, 6) is 0.757. The number of likely N-dealkylation sites (N-methyl/N-ethyl adjacent to an activating group) is 1. The van der Waals surface area contributed by atoms with Crippen molar-refractivity contribution >= 4 is 11.3 Å². The van der Waals surface area contributed by atoms with E-state index in [1.54, 1.807) is 0 Å². The van der Waals surface area contributed by atoms with Gasteiger partial charge in [0.05, 0.1) is 0 Å². The second-order valence-electron chi connectivity index (χ2n) is 6.82. The lowest BCUT2D eigenvalue weighted by Crippen LogP contribution is -2.71. The third kappa shape index (κ3) is 3.34. The Morgan fingerprint density at radius 3 is 2.86 bits per heavy atom. The minimum atomic E-state index is 0.423. The summed E-state index contributed by atoms with van der Waals surface area (Å²) in [5.41, 5.74) is 0.423. The molecule has 1 atom stereocenters. The number of hydrogen-bond donors (Lipinski definition) is 0. The van der Waals surface area contributed by atoms with Gasteiger partial charge in [0.2, 0.25) is 0 Å². The first-order valence-electron chi connectivity index (χ1n) is 8.18. The van der Waals surface area contributed by atoms with Crippen LogP contribution in [0.2, 0.25) is 0 Å². The molecule has 2 fully saturated rings. The minimum absolute atomic E-state index is 0.423. The molecule has 1 unspecified atom stereocenters. The van der Waals surface area contributed by atoms with Gasteiger partial charge in [-0.05, 0) is 58.3 Å². The van der Waals surface area contributed by atoms with Crippen LogP contribution in [-0.4, -0.2) is 55.2 Å². The first-order valence-corrected chi connectivity index (χ1v) is 8.99. The van der Waals surface area contributed by atoms with Gasteiger partial charge in [-0.15, -0.1) is 11.3 Å². The highest BCUT2D eigenvalue weighted by molar-refractivity contribution is 7.11. The molecule has 2 saturated heterocycles. The topological polar surface area (TPSA) is 15.7 Å². The van der Waals surface area contributed by atoms with Crippen LogP contribution in [0.4, 0.5) is 0 Å². The maximum absolute atomic E-state index is 5.66. The van der Waals surface area contributed by atoms with Crippen LogP contribution in [0.1, 0.15) is 29.5 Å². The molecule has 0 N–H and O–H groups in total. The van der Waals surface area contributed by atoms with E-state index in [1.165, 1.54) is 42.2 Å². The monoisotopic (exact) mass is 308 g/mol. The second kappa shape index (κ2) is 6.37. The van der Waals surface area contributed by atoms with Crippen molar-refractivity contribution in [2.45, 2.75) is 38.8 Å². The number of nitrogens with zero attached hydrogens (tertiary/aromatic N) is 2. The molecular formula is C17H28N2OS. The largest absolute Gasteiger partial charge is 0.381 e. The Kier molecular flexibility index (Phi) is 4.69. The predicted octanol–water partition coefficient (Wildman–Crippen LogP) is 2.99. The van der Waals surface area contributed by atoms with Gasteiger partial charge in [0, 0.05) is 48.1 Å². The molecule has 1 aromatic heterocycles. The average Bonchev–Trinajstić information content (AvgIpc) is 2.83. The van der Waals surface area contributed by atoms with Gasteiger partial charge in [-0.25, -0.2) is 0 Å². The molecule has 2 aliphatic rings. The number of thiophene rings is 1. The lowest BCUT2D eigenvalue weighted by molar-refractivity contribution is -0.0919. The molecule has 0 radical (unpaired) electrons. The summed E-state index contributed by atoms with van der Waals surface area (Å²) in [4.78, 5) is 8.13. The van der Waals surface area contributed by atoms with Crippen molar-refractivity contribution in [1.82, 2.24) is 9.80 Å². The summed E-state index contributed by atoms with van der Waals surface area (Å²) in [7, 11) is 2.31. The highest BCUT2D eigenvalue weighted by atomic mass is 32.1. The van der Waals surface area contributed by atoms with E-state index in [9.17, 15) is 0 Å². The lowest BCUT2D eigenvalue weighted by atomic mass is 9.75. The van der Waals surface area contributed by atoms with Crippen molar-refractivity contribution < 1.29 is 4.74 Å². The number of ether oxygens (including phenoxy) is 1. The average molecular weight is 308 g/mol. The van der Waals surface area contributed by atoms with E-state index < -0.39 is 0 Å². The molecule has 0 saturated carbocycles. The van der Waals surface area contributed by atoms with Gasteiger partial charge in [-0.2, -0.15) is 0 Å². The highest BCUT2D eigenvalue weighted by Crippen LogP contribution is 2.39. The zero-order chi connectivity index (χ0) is 14.9. The minimum Gasteiger partial charge on any atom is -0.381 e. The van der Waals surface area contributed by atoms with Gasteiger partial charge >= 0.3 is 0 Å². The van der Waals surface area contributed by atoms with E-state index in [4.69, 9.17) is 4.74 Å². The Morgan fingerprint density at radius 1 is 1.38 bits per heavy atom. The summed E-state index contributed by atoms with van der Waals surface area (Å²) >= 11 is 1.94. The van der Waals surface area contributed by atoms with Gasteiger partial charge in [-0.1, -0.05) is 0 Å². The molecule has 0 bridgehead atoms. The van der Waals surface area contributed by atoms with E-state index in [0.29, 0.717) is 5.54 Å². The Balaban J connectivity index is 1.53. The third-order valence-corrected chi connectivity index (χ3v) is 6.11. The van der Waals surface area contributed by atoms with E-state index in [-0.39, 0.29) is 0 Å². The number of piperidine rings is 1. The van der Waals surface area contributed by atoms with Crippen LogP contribution in [0.15, 0.2) is 12.1 Å². The fraction of sp³-hybridized carbons (Fsp3) is 0.765. The molecule has 1 aromatic rings. The van der Waals surface area contributed by atoms with Gasteiger partial charge in [0.15, 0.2) is 0 Å². The quantitative estimate of drug-likeness (QED) is 0.832. The van der Waals surface area contributed by atoms with E-state index in [0.717, 1.165) is 25.7 Å². The zero-order valence-corrected chi connectivity index (χ0v) is 14.4. The Bertz CT molecular complexity index is 465. The molecule has 3 nitrogen and oxygen atoms in total. The maximum atomic E-state index is 5.66. The summed E-state index contributed by atoms with van der Waals surface area (Å²) in [5, 5.41) is 0. The second-order valence-corrected chi connectivity index (χ2v) is 8.19. The molecule has 1 spiro atoms. The molecular weight excluding hydrogens is 280 g/mol. The van der Waals surface area contributed by atoms with Crippen LogP contribution in [0.3, 0.4) is 0 Å². The van der Waals surface area contributed by atoms with Crippen LogP contribution in [0, 0.1) is 12.8 Å². The molecule has 4 heteroatoms. The summed E-state index contributed by atoms with van der Waals surface area (Å²) in [6.07, 6.45) is 2.60. The van der Waals surface area contributed by atoms with Crippen molar-refractivity contribution in [1.29, 1.82) is 0 Å². The molecule has 2 aliphatic heterocycles. The van der Waals surface area contributed by atoms with E-state index in [2.05, 4.69) is 42.8 Å². The SMILES string of the molecule is CCOCC1CCN(C)C2(C1)CN(Cc1ccc(C)s1)C2. The van der Waals surface area contributed by atoms with Crippen molar-refractivity contribution in [3.63, 3.8) is 0 Å². The van der Waals surface area contributed by atoms with Gasteiger partial charge in [0.1, 0.15) is 0 Å². The first-order chi connectivity index (χ1) is 10.1. The van der Waals surface area contributed by atoms with Crippen LogP contribution in [-0.2, 0) is 11.3 Å². The summed E-state index contributed by atoms with van der Waals surface area (Å²) < 4.78 is 5.66. The third-order valence-electron chi connectivity index (χ3n) is 5.12. The molecule has 118 valence electrons. The van der Waals surface area contributed by atoms with Gasteiger partial charge in [-0.3, -0.25) is 9.80 Å². The standard InChI is InChI=1S/C17H28N2OS/c1-4-20-11-15-7-8-18(3)17(9-15)12-19(13-17)10-16-6-5-14(2)21-16/h5-6,15H,4,7-13H2,1-3H3. The Hall–Kier alpha value is -0.420. The fourth-order valence-electron chi connectivity index (χ4n) is 3.89. The Morgan fingerprint density at radius 2 is 2.19 bits per heavy atom. The van der Waals surface area contributed by atoms with Gasteiger partial charge in [0.25, 0.3) is 0 Å². The molecule has 0 amide bonds. The van der Waals surface area contributed by atoms with Crippen LogP contribution >= 0.6 is 11.3 Å². The molecule has 0 aromatic carbocycles. The van der Waals surface area contributed by atoms with Crippen LogP contribution in [0.5, 0.6) is 0 Å². The smallest absolute Gasteiger partial charge is 0.0495 e. The number of aryl methyl sites for hydroxylation is 1. The Labute approximate surface area is 132 Å². The summed E-state index contributed by atoms with van der Waals surface area (Å²) in [6, 6.07) is 4.52. The maximum Gasteiger partial charge on any atom is 0.0495 e. The molecule has 0 aliphatic carbocycles. The number of hydrogen-bond acceptors (Lipinski definition) is 4. The van der Waals surface area contributed by atoms with E-state index in [1.807, 2.05) is 11.3 Å².